The highest BCUT2D eigenvalue weighted by Crippen LogP contribution is 2.37. The summed E-state index contributed by atoms with van der Waals surface area (Å²) in [5.74, 6) is 1.76. The van der Waals surface area contributed by atoms with E-state index in [-0.39, 0.29) is 5.91 Å². The zero-order valence-corrected chi connectivity index (χ0v) is 23.7. The van der Waals surface area contributed by atoms with Crippen molar-refractivity contribution in [2.24, 2.45) is 0 Å². The van der Waals surface area contributed by atoms with Crippen LogP contribution in [0.25, 0.3) is 27.8 Å². The number of aromatic nitrogens is 3. The first-order chi connectivity index (χ1) is 20.1. The molecule has 5 aromatic rings. The fourth-order valence-corrected chi connectivity index (χ4v) is 5.36. The van der Waals surface area contributed by atoms with E-state index in [1.807, 2.05) is 35.2 Å². The Hall–Kier alpha value is -4.65. The van der Waals surface area contributed by atoms with Gasteiger partial charge in [-0.3, -0.25) is 4.79 Å². The number of anilines is 1. The van der Waals surface area contributed by atoms with E-state index in [9.17, 15) is 4.79 Å². The van der Waals surface area contributed by atoms with Gasteiger partial charge in [-0.1, -0.05) is 61.4 Å². The number of hydrogen-bond donors (Lipinski definition) is 0. The molecular formula is C34H35N5O2. The Morgan fingerprint density at radius 1 is 0.878 bits per heavy atom. The van der Waals surface area contributed by atoms with E-state index in [1.54, 1.807) is 6.33 Å². The number of piperazine rings is 1. The molecule has 0 saturated carbocycles. The third-order valence-electron chi connectivity index (χ3n) is 7.69. The summed E-state index contributed by atoms with van der Waals surface area (Å²) in [4.78, 5) is 27.0. The lowest BCUT2D eigenvalue weighted by molar-refractivity contribution is 0.0746. The van der Waals surface area contributed by atoms with Gasteiger partial charge in [0.25, 0.3) is 5.91 Å². The normalized spacial score (nSPS) is 13.5. The van der Waals surface area contributed by atoms with Gasteiger partial charge in [0.1, 0.15) is 17.9 Å². The van der Waals surface area contributed by atoms with Crippen LogP contribution in [-0.4, -0.2) is 58.1 Å². The maximum Gasteiger partial charge on any atom is 0.253 e. The van der Waals surface area contributed by atoms with Crippen molar-refractivity contribution in [3.8, 4) is 22.6 Å². The number of carbonyl (C=O) groups excluding carboxylic acids is 1. The molecule has 2 aromatic heterocycles. The summed E-state index contributed by atoms with van der Waals surface area (Å²) in [6, 6.07) is 26.4. The SMILES string of the molecule is CCCCOc1ccc(C(=O)N2CCN(c3ncnc4c3c(-c3ccccc3)cn4-c3ccc(C)cc3)CC2)cc1. The van der Waals surface area contributed by atoms with Gasteiger partial charge in [-0.2, -0.15) is 0 Å². The average molecular weight is 546 g/mol. The monoisotopic (exact) mass is 545 g/mol. The zero-order chi connectivity index (χ0) is 28.2. The summed E-state index contributed by atoms with van der Waals surface area (Å²) in [5.41, 5.74) is 6.05. The molecule has 0 radical (unpaired) electrons. The van der Waals surface area contributed by atoms with E-state index in [2.05, 4.69) is 78.0 Å². The molecule has 1 fully saturated rings. The van der Waals surface area contributed by atoms with Crippen LogP contribution in [0, 0.1) is 6.92 Å². The second kappa shape index (κ2) is 11.8. The predicted molar refractivity (Wildman–Crippen MR) is 164 cm³/mol. The molecule has 6 rings (SSSR count). The first kappa shape index (κ1) is 26.6. The van der Waals surface area contributed by atoms with Gasteiger partial charge in [0.2, 0.25) is 0 Å². The molecule has 1 aliphatic heterocycles. The van der Waals surface area contributed by atoms with Crippen LogP contribution in [0.1, 0.15) is 35.7 Å². The Morgan fingerprint density at radius 2 is 1.61 bits per heavy atom. The number of nitrogens with zero attached hydrogens (tertiary/aromatic N) is 5. The first-order valence-corrected chi connectivity index (χ1v) is 14.4. The Bertz CT molecular complexity index is 1620. The summed E-state index contributed by atoms with van der Waals surface area (Å²) in [5, 5.41) is 1.03. The number of fused-ring (bicyclic) bond motifs is 1. The quantitative estimate of drug-likeness (QED) is 0.207. The van der Waals surface area contributed by atoms with Gasteiger partial charge >= 0.3 is 0 Å². The molecular weight excluding hydrogens is 510 g/mol. The Morgan fingerprint density at radius 3 is 2.32 bits per heavy atom. The van der Waals surface area contributed by atoms with Gasteiger partial charge in [0, 0.05) is 49.2 Å². The van der Waals surface area contributed by atoms with Crippen molar-refractivity contribution < 1.29 is 9.53 Å². The van der Waals surface area contributed by atoms with Gasteiger partial charge in [-0.25, -0.2) is 9.97 Å². The number of carbonyl (C=O) groups is 1. The largest absolute Gasteiger partial charge is 0.494 e. The lowest BCUT2D eigenvalue weighted by Crippen LogP contribution is -2.49. The fraction of sp³-hybridized carbons (Fsp3) is 0.265. The van der Waals surface area contributed by atoms with E-state index >= 15 is 0 Å². The highest BCUT2D eigenvalue weighted by Gasteiger charge is 2.26. The molecule has 0 spiro atoms. The third kappa shape index (κ3) is 5.53. The molecule has 1 amide bonds. The fourth-order valence-electron chi connectivity index (χ4n) is 5.36. The smallest absolute Gasteiger partial charge is 0.253 e. The summed E-state index contributed by atoms with van der Waals surface area (Å²) < 4.78 is 7.91. The molecule has 41 heavy (non-hydrogen) atoms. The Kier molecular flexibility index (Phi) is 7.67. The van der Waals surface area contributed by atoms with Crippen LogP contribution in [0.4, 0.5) is 5.82 Å². The number of aryl methyl sites for hydroxylation is 1. The van der Waals surface area contributed by atoms with Crippen LogP contribution in [0.5, 0.6) is 5.75 Å². The van der Waals surface area contributed by atoms with E-state index in [0.29, 0.717) is 38.3 Å². The highest BCUT2D eigenvalue weighted by molar-refractivity contribution is 6.02. The lowest BCUT2D eigenvalue weighted by atomic mass is 10.1. The predicted octanol–water partition coefficient (Wildman–Crippen LogP) is 6.54. The van der Waals surface area contributed by atoms with Crippen molar-refractivity contribution in [1.29, 1.82) is 0 Å². The molecule has 3 heterocycles. The minimum Gasteiger partial charge on any atom is -0.494 e. The molecule has 3 aromatic carbocycles. The van der Waals surface area contributed by atoms with E-state index in [0.717, 1.165) is 52.3 Å². The van der Waals surface area contributed by atoms with Crippen molar-refractivity contribution >= 4 is 22.8 Å². The van der Waals surface area contributed by atoms with Gasteiger partial charge in [-0.05, 0) is 55.3 Å². The summed E-state index contributed by atoms with van der Waals surface area (Å²) in [6.45, 7) is 7.57. The minimum absolute atomic E-state index is 0.0492. The van der Waals surface area contributed by atoms with Crippen LogP contribution < -0.4 is 9.64 Å². The summed E-state index contributed by atoms with van der Waals surface area (Å²) in [6.07, 6.45) is 5.93. The Labute approximate surface area is 241 Å². The number of ether oxygens (including phenoxy) is 1. The first-order valence-electron chi connectivity index (χ1n) is 14.4. The molecule has 0 atom stereocenters. The summed E-state index contributed by atoms with van der Waals surface area (Å²) >= 11 is 0. The maximum absolute atomic E-state index is 13.3. The van der Waals surface area contributed by atoms with Crippen LogP contribution >= 0.6 is 0 Å². The van der Waals surface area contributed by atoms with Crippen molar-refractivity contribution in [2.75, 3.05) is 37.7 Å². The topological polar surface area (TPSA) is 63.5 Å². The van der Waals surface area contributed by atoms with Crippen molar-refractivity contribution in [1.82, 2.24) is 19.4 Å². The van der Waals surface area contributed by atoms with Crippen LogP contribution in [0.15, 0.2) is 91.4 Å². The zero-order valence-electron chi connectivity index (χ0n) is 23.7. The van der Waals surface area contributed by atoms with Gasteiger partial charge in [0.05, 0.1) is 12.0 Å². The summed E-state index contributed by atoms with van der Waals surface area (Å²) in [7, 11) is 0. The molecule has 1 aliphatic rings. The molecule has 0 N–H and O–H groups in total. The van der Waals surface area contributed by atoms with Crippen LogP contribution in [0.2, 0.25) is 0 Å². The molecule has 1 saturated heterocycles. The third-order valence-corrected chi connectivity index (χ3v) is 7.69. The molecule has 7 heteroatoms. The second-order valence-electron chi connectivity index (χ2n) is 10.5. The number of unbranched alkanes of at least 4 members (excludes halogenated alkanes) is 1. The van der Waals surface area contributed by atoms with Gasteiger partial charge in [-0.15, -0.1) is 0 Å². The van der Waals surface area contributed by atoms with E-state index in [1.165, 1.54) is 5.56 Å². The number of amides is 1. The second-order valence-corrected chi connectivity index (χ2v) is 10.5. The highest BCUT2D eigenvalue weighted by atomic mass is 16.5. The molecule has 7 nitrogen and oxygen atoms in total. The Balaban J connectivity index is 1.26. The molecule has 0 bridgehead atoms. The van der Waals surface area contributed by atoms with E-state index in [4.69, 9.17) is 14.7 Å². The lowest BCUT2D eigenvalue weighted by Gasteiger charge is -2.35. The molecule has 0 unspecified atom stereocenters. The van der Waals surface area contributed by atoms with Crippen molar-refractivity contribution in [2.45, 2.75) is 26.7 Å². The van der Waals surface area contributed by atoms with Gasteiger partial charge < -0.3 is 19.1 Å². The number of hydrogen-bond acceptors (Lipinski definition) is 5. The number of benzene rings is 3. The van der Waals surface area contributed by atoms with Crippen LogP contribution in [-0.2, 0) is 0 Å². The van der Waals surface area contributed by atoms with Crippen molar-refractivity contribution in [3.63, 3.8) is 0 Å². The molecule has 0 aliphatic carbocycles. The maximum atomic E-state index is 13.3. The molecule has 208 valence electrons. The average Bonchev–Trinajstić information content (AvgIpc) is 3.42. The minimum atomic E-state index is 0.0492. The standard InChI is InChI=1S/C34H35N5O2/c1-3-4-22-41-29-16-12-27(13-17-29)34(40)38-20-18-37(19-21-38)32-31-30(26-8-6-5-7-9-26)23-39(33(31)36-24-35-32)28-14-10-25(2)11-15-28/h5-17,23-24H,3-4,18-22H2,1-2H3. The van der Waals surface area contributed by atoms with Gasteiger partial charge in [0.15, 0.2) is 5.65 Å². The number of rotatable bonds is 8. The van der Waals surface area contributed by atoms with Crippen LogP contribution in [0.3, 0.4) is 0 Å². The van der Waals surface area contributed by atoms with E-state index < -0.39 is 0 Å². The van der Waals surface area contributed by atoms with Crippen molar-refractivity contribution in [3.05, 3.63) is 103 Å².